The number of nitrogens with zero attached hydrogens (tertiary/aromatic N) is 2. The van der Waals surface area contributed by atoms with Gasteiger partial charge in [-0.25, -0.2) is 14.6 Å². The molecule has 0 radical (unpaired) electrons. The SMILES string of the molecule is CCCn1cncc1CC(NC(=O)OC(C)(C)C)C(=O)O. The molecule has 1 heterocycles. The summed E-state index contributed by atoms with van der Waals surface area (Å²) in [4.78, 5) is 27.0. The fourth-order valence-electron chi connectivity index (χ4n) is 1.82. The third-order valence-corrected chi connectivity index (χ3v) is 2.67. The van der Waals surface area contributed by atoms with Crippen molar-refractivity contribution in [2.75, 3.05) is 0 Å². The first-order valence-corrected chi connectivity index (χ1v) is 6.94. The van der Waals surface area contributed by atoms with Gasteiger partial charge in [-0.05, 0) is 27.2 Å². The second-order valence-corrected chi connectivity index (χ2v) is 5.82. The monoisotopic (exact) mass is 297 g/mol. The molecule has 7 nitrogen and oxygen atoms in total. The van der Waals surface area contributed by atoms with E-state index in [0.717, 1.165) is 18.7 Å². The maximum Gasteiger partial charge on any atom is 0.408 e. The topological polar surface area (TPSA) is 93.5 Å². The molecule has 0 aliphatic heterocycles. The summed E-state index contributed by atoms with van der Waals surface area (Å²) in [6.45, 7) is 7.95. The van der Waals surface area contributed by atoms with Gasteiger partial charge in [-0.3, -0.25) is 0 Å². The van der Waals surface area contributed by atoms with Crippen molar-refractivity contribution in [2.24, 2.45) is 0 Å². The Hall–Kier alpha value is -2.05. The number of aromatic nitrogens is 2. The normalized spacial score (nSPS) is 12.8. The van der Waals surface area contributed by atoms with Crippen LogP contribution in [0.3, 0.4) is 0 Å². The van der Waals surface area contributed by atoms with Gasteiger partial charge in [0.2, 0.25) is 0 Å². The van der Waals surface area contributed by atoms with Crippen LogP contribution in [0.15, 0.2) is 12.5 Å². The quantitative estimate of drug-likeness (QED) is 0.835. The number of ether oxygens (including phenoxy) is 1. The molecule has 0 aliphatic rings. The number of hydrogen-bond acceptors (Lipinski definition) is 4. The molecule has 1 aromatic heterocycles. The van der Waals surface area contributed by atoms with Gasteiger partial charge in [-0.2, -0.15) is 0 Å². The summed E-state index contributed by atoms with van der Waals surface area (Å²) in [7, 11) is 0. The van der Waals surface area contributed by atoms with Crippen molar-refractivity contribution >= 4 is 12.1 Å². The first-order valence-electron chi connectivity index (χ1n) is 6.94. The molecule has 1 amide bonds. The molecule has 1 aromatic rings. The number of carboxylic acids is 1. The van der Waals surface area contributed by atoms with Crippen LogP contribution < -0.4 is 5.32 Å². The lowest BCUT2D eigenvalue weighted by atomic mass is 10.1. The molecule has 0 fully saturated rings. The molecule has 2 N–H and O–H groups in total. The van der Waals surface area contributed by atoms with Gasteiger partial charge in [-0.1, -0.05) is 6.92 Å². The maximum absolute atomic E-state index is 11.7. The highest BCUT2D eigenvalue weighted by Gasteiger charge is 2.25. The smallest absolute Gasteiger partial charge is 0.408 e. The van der Waals surface area contributed by atoms with E-state index >= 15 is 0 Å². The molecule has 0 saturated carbocycles. The minimum atomic E-state index is -1.11. The van der Waals surface area contributed by atoms with E-state index in [1.807, 2.05) is 11.5 Å². The lowest BCUT2D eigenvalue weighted by Crippen LogP contribution is -2.45. The number of alkyl carbamates (subject to hydrolysis) is 1. The summed E-state index contributed by atoms with van der Waals surface area (Å²) in [6.07, 6.45) is 3.61. The highest BCUT2D eigenvalue weighted by Crippen LogP contribution is 2.09. The summed E-state index contributed by atoms with van der Waals surface area (Å²) >= 11 is 0. The van der Waals surface area contributed by atoms with Crippen molar-refractivity contribution in [1.29, 1.82) is 0 Å². The van der Waals surface area contributed by atoms with Gasteiger partial charge in [0.05, 0.1) is 6.33 Å². The molecule has 0 aromatic carbocycles. The van der Waals surface area contributed by atoms with Crippen molar-refractivity contribution in [1.82, 2.24) is 14.9 Å². The number of hydrogen-bond donors (Lipinski definition) is 2. The number of carboxylic acid groups (broad SMARTS) is 1. The zero-order valence-electron chi connectivity index (χ0n) is 12.9. The molecule has 0 spiro atoms. The predicted octanol–water partition coefficient (Wildman–Crippen LogP) is 1.81. The Labute approximate surface area is 124 Å². The second-order valence-electron chi connectivity index (χ2n) is 5.82. The molecule has 1 atom stereocenters. The van der Waals surface area contributed by atoms with Gasteiger partial charge in [0.25, 0.3) is 0 Å². The van der Waals surface area contributed by atoms with Crippen LogP contribution in [0.25, 0.3) is 0 Å². The Bertz CT molecular complexity index is 491. The molecule has 7 heteroatoms. The van der Waals surface area contributed by atoms with E-state index in [0.29, 0.717) is 0 Å². The Morgan fingerprint density at radius 2 is 2.14 bits per heavy atom. The predicted molar refractivity (Wildman–Crippen MR) is 77.0 cm³/mol. The van der Waals surface area contributed by atoms with Gasteiger partial charge < -0.3 is 19.7 Å². The first kappa shape index (κ1) is 17.0. The third kappa shape index (κ3) is 5.85. The standard InChI is InChI=1S/C14H23N3O4/c1-5-6-17-9-15-8-10(17)7-11(12(18)19)16-13(20)21-14(2,3)4/h8-9,11H,5-7H2,1-4H3,(H,16,20)(H,18,19). The van der Waals surface area contributed by atoms with Crippen molar-refractivity contribution in [3.63, 3.8) is 0 Å². The van der Waals surface area contributed by atoms with Crippen LogP contribution in [0.4, 0.5) is 4.79 Å². The van der Waals surface area contributed by atoms with Crippen LogP contribution in [-0.2, 0) is 22.5 Å². The zero-order chi connectivity index (χ0) is 16.0. The van der Waals surface area contributed by atoms with E-state index in [-0.39, 0.29) is 6.42 Å². The van der Waals surface area contributed by atoms with E-state index in [9.17, 15) is 14.7 Å². The van der Waals surface area contributed by atoms with Gasteiger partial charge in [0, 0.05) is 24.9 Å². The number of carbonyl (C=O) groups is 2. The Kier molecular flexibility index (Phi) is 5.75. The average molecular weight is 297 g/mol. The summed E-state index contributed by atoms with van der Waals surface area (Å²) < 4.78 is 6.96. The fraction of sp³-hybridized carbons (Fsp3) is 0.643. The highest BCUT2D eigenvalue weighted by molar-refractivity contribution is 5.80. The molecule has 1 rings (SSSR count). The highest BCUT2D eigenvalue weighted by atomic mass is 16.6. The Balaban J connectivity index is 2.72. The van der Waals surface area contributed by atoms with Crippen LogP contribution >= 0.6 is 0 Å². The van der Waals surface area contributed by atoms with Crippen molar-refractivity contribution in [3.8, 4) is 0 Å². The van der Waals surface area contributed by atoms with E-state index in [1.54, 1.807) is 33.3 Å². The van der Waals surface area contributed by atoms with Gasteiger partial charge >= 0.3 is 12.1 Å². The van der Waals surface area contributed by atoms with Gasteiger partial charge in [0.15, 0.2) is 0 Å². The molecule has 0 bridgehead atoms. The van der Waals surface area contributed by atoms with Gasteiger partial charge in [0.1, 0.15) is 11.6 Å². The van der Waals surface area contributed by atoms with Crippen LogP contribution in [-0.4, -0.2) is 38.4 Å². The molecule has 0 saturated heterocycles. The molecule has 1 unspecified atom stereocenters. The largest absolute Gasteiger partial charge is 0.480 e. The minimum Gasteiger partial charge on any atom is -0.480 e. The molecule has 21 heavy (non-hydrogen) atoms. The molecular weight excluding hydrogens is 274 g/mol. The number of carbonyl (C=O) groups excluding carboxylic acids is 1. The summed E-state index contributed by atoms with van der Waals surface area (Å²) in [5.74, 6) is -1.11. The summed E-state index contributed by atoms with van der Waals surface area (Å²) in [5.41, 5.74) is 0.0947. The minimum absolute atomic E-state index is 0.161. The van der Waals surface area contributed by atoms with Crippen molar-refractivity contribution in [3.05, 3.63) is 18.2 Å². The molecule has 118 valence electrons. The lowest BCUT2D eigenvalue weighted by Gasteiger charge is -2.22. The molecular formula is C14H23N3O4. The maximum atomic E-state index is 11.7. The van der Waals surface area contributed by atoms with Crippen molar-refractivity contribution < 1.29 is 19.4 Å². The third-order valence-electron chi connectivity index (χ3n) is 2.67. The van der Waals surface area contributed by atoms with E-state index < -0.39 is 23.7 Å². The summed E-state index contributed by atoms with van der Waals surface area (Å²) in [5, 5.41) is 11.6. The lowest BCUT2D eigenvalue weighted by molar-refractivity contribution is -0.139. The first-order chi connectivity index (χ1) is 9.73. The number of amides is 1. The van der Waals surface area contributed by atoms with Crippen LogP contribution in [0.5, 0.6) is 0 Å². The number of rotatable bonds is 6. The van der Waals surface area contributed by atoms with Gasteiger partial charge in [-0.15, -0.1) is 0 Å². The van der Waals surface area contributed by atoms with E-state index in [1.165, 1.54) is 0 Å². The van der Waals surface area contributed by atoms with E-state index in [2.05, 4.69) is 10.3 Å². The zero-order valence-corrected chi connectivity index (χ0v) is 12.9. The number of nitrogens with one attached hydrogen (secondary N) is 1. The molecule has 0 aliphatic carbocycles. The van der Waals surface area contributed by atoms with Crippen LogP contribution in [0.2, 0.25) is 0 Å². The van der Waals surface area contributed by atoms with Crippen molar-refractivity contribution in [2.45, 2.75) is 58.7 Å². The van der Waals surface area contributed by atoms with E-state index in [4.69, 9.17) is 4.74 Å². The Morgan fingerprint density at radius 1 is 1.48 bits per heavy atom. The second kappa shape index (κ2) is 7.10. The average Bonchev–Trinajstić information content (AvgIpc) is 2.73. The summed E-state index contributed by atoms with van der Waals surface area (Å²) in [6, 6.07) is -1.05. The van der Waals surface area contributed by atoms with Crippen LogP contribution in [0.1, 0.15) is 39.8 Å². The number of imidazole rings is 1. The van der Waals surface area contributed by atoms with Crippen LogP contribution in [0, 0.1) is 0 Å². The Morgan fingerprint density at radius 3 is 2.67 bits per heavy atom. The number of aliphatic carboxylic acids is 1. The number of aryl methyl sites for hydroxylation is 1. The fourth-order valence-corrected chi connectivity index (χ4v) is 1.82.